The van der Waals surface area contributed by atoms with Crippen molar-refractivity contribution in [3.8, 4) is 5.88 Å². The quantitative estimate of drug-likeness (QED) is 0.448. The number of fused-ring (bicyclic) bond motifs is 1. The Kier molecular flexibility index (Phi) is 3.91. The van der Waals surface area contributed by atoms with Crippen LogP contribution in [0, 0.1) is 0 Å². The van der Waals surface area contributed by atoms with Gasteiger partial charge < -0.3 is 20.1 Å². The molecule has 0 radical (unpaired) electrons. The summed E-state index contributed by atoms with van der Waals surface area (Å²) in [6.07, 6.45) is -3.00. The molecular formula is C10H12N4O8S. The zero-order chi connectivity index (χ0) is 16.8. The molecule has 3 rings (SSSR count). The van der Waals surface area contributed by atoms with Crippen molar-refractivity contribution in [1.82, 2.24) is 19.5 Å². The Balaban J connectivity index is 1.86. The molecule has 23 heavy (non-hydrogen) atoms. The monoisotopic (exact) mass is 348 g/mol. The number of aromatic hydroxyl groups is 1. The van der Waals surface area contributed by atoms with Gasteiger partial charge in [0.1, 0.15) is 24.6 Å². The fraction of sp³-hybridized carbons (Fsp3) is 0.500. The van der Waals surface area contributed by atoms with Crippen molar-refractivity contribution in [2.45, 2.75) is 24.5 Å². The van der Waals surface area contributed by atoms with Crippen LogP contribution in [-0.2, 0) is 19.3 Å². The van der Waals surface area contributed by atoms with E-state index in [1.165, 1.54) is 10.9 Å². The Hall–Kier alpha value is -1.90. The predicted octanol–water partition coefficient (Wildman–Crippen LogP) is -2.03. The van der Waals surface area contributed by atoms with Gasteiger partial charge in [-0.3, -0.25) is 9.12 Å². The maximum absolute atomic E-state index is 10.6. The summed E-state index contributed by atoms with van der Waals surface area (Å²) >= 11 is 0. The molecule has 12 nitrogen and oxygen atoms in total. The highest BCUT2D eigenvalue weighted by Gasteiger charge is 2.45. The second-order valence-electron chi connectivity index (χ2n) is 4.78. The Morgan fingerprint density at radius 2 is 2.00 bits per heavy atom. The molecule has 1 aliphatic rings. The van der Waals surface area contributed by atoms with Crippen LogP contribution in [0.25, 0.3) is 11.2 Å². The van der Waals surface area contributed by atoms with Crippen molar-refractivity contribution in [3.63, 3.8) is 0 Å². The van der Waals surface area contributed by atoms with Gasteiger partial charge in [-0.15, -0.1) is 0 Å². The number of nitrogens with zero attached hydrogens (tertiary/aromatic N) is 4. The van der Waals surface area contributed by atoms with E-state index in [0.29, 0.717) is 0 Å². The molecule has 0 amide bonds. The van der Waals surface area contributed by atoms with E-state index in [1.807, 2.05) is 0 Å². The lowest BCUT2D eigenvalue weighted by Gasteiger charge is -2.16. The number of aliphatic hydroxyl groups excluding tert-OH is 2. The molecule has 2 aromatic heterocycles. The van der Waals surface area contributed by atoms with Gasteiger partial charge in [-0.2, -0.15) is 13.4 Å². The van der Waals surface area contributed by atoms with Crippen molar-refractivity contribution in [3.05, 3.63) is 12.7 Å². The molecule has 1 saturated heterocycles. The largest absolute Gasteiger partial charge is 0.492 e. The smallest absolute Gasteiger partial charge is 0.397 e. The van der Waals surface area contributed by atoms with Crippen LogP contribution in [0.4, 0.5) is 0 Å². The van der Waals surface area contributed by atoms with Crippen LogP contribution in [0.5, 0.6) is 5.88 Å². The van der Waals surface area contributed by atoms with Gasteiger partial charge in [-0.25, -0.2) is 14.2 Å². The van der Waals surface area contributed by atoms with E-state index in [9.17, 15) is 23.7 Å². The zero-order valence-electron chi connectivity index (χ0n) is 11.3. The summed E-state index contributed by atoms with van der Waals surface area (Å²) in [4.78, 5) is 11.3. The van der Waals surface area contributed by atoms with Crippen molar-refractivity contribution >= 4 is 21.6 Å². The van der Waals surface area contributed by atoms with E-state index in [0.717, 1.165) is 6.33 Å². The number of ether oxygens (including phenoxy) is 1. The predicted molar refractivity (Wildman–Crippen MR) is 70.4 cm³/mol. The van der Waals surface area contributed by atoms with Crippen LogP contribution in [-0.4, -0.2) is 72.7 Å². The molecule has 0 unspecified atom stereocenters. The third-order valence-electron chi connectivity index (χ3n) is 3.33. The average molecular weight is 348 g/mol. The first kappa shape index (κ1) is 16.0. The molecular weight excluding hydrogens is 336 g/mol. The second-order valence-corrected chi connectivity index (χ2v) is 5.87. The molecule has 13 heteroatoms. The first-order valence-corrected chi connectivity index (χ1v) is 7.64. The minimum atomic E-state index is -4.71. The highest BCUT2D eigenvalue weighted by atomic mass is 32.3. The summed E-state index contributed by atoms with van der Waals surface area (Å²) in [5.74, 6) is -0.368. The summed E-state index contributed by atoms with van der Waals surface area (Å²) < 4.78 is 40.4. The van der Waals surface area contributed by atoms with Crippen molar-refractivity contribution in [2.75, 3.05) is 6.61 Å². The molecule has 0 aliphatic carbocycles. The lowest BCUT2D eigenvalue weighted by molar-refractivity contribution is -0.0478. The highest BCUT2D eigenvalue weighted by molar-refractivity contribution is 7.80. The van der Waals surface area contributed by atoms with Gasteiger partial charge in [0, 0.05) is 0 Å². The third kappa shape index (κ3) is 2.97. The van der Waals surface area contributed by atoms with E-state index in [1.54, 1.807) is 0 Å². The van der Waals surface area contributed by atoms with Crippen LogP contribution in [0.3, 0.4) is 0 Å². The van der Waals surface area contributed by atoms with Crippen LogP contribution >= 0.6 is 0 Å². The maximum atomic E-state index is 10.6. The third-order valence-corrected chi connectivity index (χ3v) is 3.77. The maximum Gasteiger partial charge on any atom is 0.397 e. The summed E-state index contributed by atoms with van der Waals surface area (Å²) in [6.45, 7) is -0.694. The highest BCUT2D eigenvalue weighted by Crippen LogP contribution is 2.32. The summed E-state index contributed by atoms with van der Waals surface area (Å²) in [7, 11) is -4.71. The Bertz CT molecular complexity index is 823. The molecule has 3 heterocycles. The van der Waals surface area contributed by atoms with Crippen LogP contribution in [0.2, 0.25) is 0 Å². The fourth-order valence-electron chi connectivity index (χ4n) is 2.28. The molecule has 1 aliphatic heterocycles. The van der Waals surface area contributed by atoms with Crippen LogP contribution in [0.1, 0.15) is 6.23 Å². The first-order chi connectivity index (χ1) is 10.8. The molecule has 1 fully saturated rings. The Labute approximate surface area is 128 Å². The van der Waals surface area contributed by atoms with Crippen LogP contribution < -0.4 is 0 Å². The zero-order valence-corrected chi connectivity index (χ0v) is 12.1. The normalized spacial score (nSPS) is 28.5. The minimum absolute atomic E-state index is 0.0652. The Morgan fingerprint density at radius 1 is 1.26 bits per heavy atom. The topological polar surface area (TPSA) is 177 Å². The van der Waals surface area contributed by atoms with E-state index >= 15 is 0 Å². The van der Waals surface area contributed by atoms with E-state index in [4.69, 9.17) is 9.29 Å². The molecule has 0 spiro atoms. The van der Waals surface area contributed by atoms with Crippen molar-refractivity contribution < 1.29 is 37.2 Å². The van der Waals surface area contributed by atoms with Crippen molar-refractivity contribution in [2.24, 2.45) is 0 Å². The fourth-order valence-corrected chi connectivity index (χ4v) is 2.58. The molecule has 4 N–H and O–H groups in total. The number of aliphatic hydroxyl groups is 2. The first-order valence-electron chi connectivity index (χ1n) is 6.28. The summed E-state index contributed by atoms with van der Waals surface area (Å²) in [5, 5.41) is 29.5. The van der Waals surface area contributed by atoms with Gasteiger partial charge in [-0.05, 0) is 0 Å². The molecule has 126 valence electrons. The molecule has 0 aromatic carbocycles. The number of rotatable bonds is 4. The van der Waals surface area contributed by atoms with Crippen molar-refractivity contribution in [1.29, 1.82) is 0 Å². The van der Waals surface area contributed by atoms with E-state index in [-0.39, 0.29) is 17.0 Å². The number of aromatic nitrogens is 4. The summed E-state index contributed by atoms with van der Waals surface area (Å²) in [6, 6.07) is 0. The lowest BCUT2D eigenvalue weighted by Crippen LogP contribution is -2.34. The Morgan fingerprint density at radius 3 is 2.70 bits per heavy atom. The van der Waals surface area contributed by atoms with Gasteiger partial charge in [0.2, 0.25) is 5.88 Å². The van der Waals surface area contributed by atoms with Gasteiger partial charge in [0.05, 0.1) is 12.9 Å². The second kappa shape index (κ2) is 5.63. The number of hydrogen-bond acceptors (Lipinski definition) is 10. The van der Waals surface area contributed by atoms with Gasteiger partial charge in [0.15, 0.2) is 17.4 Å². The number of hydrogen-bond donors (Lipinski definition) is 4. The number of imidazole rings is 1. The lowest BCUT2D eigenvalue weighted by atomic mass is 10.1. The van der Waals surface area contributed by atoms with E-state index < -0.39 is 41.5 Å². The van der Waals surface area contributed by atoms with Gasteiger partial charge in [0.25, 0.3) is 0 Å². The van der Waals surface area contributed by atoms with Gasteiger partial charge >= 0.3 is 10.4 Å². The van der Waals surface area contributed by atoms with Gasteiger partial charge in [-0.1, -0.05) is 0 Å². The molecule has 0 bridgehead atoms. The average Bonchev–Trinajstić information content (AvgIpc) is 3.01. The minimum Gasteiger partial charge on any atom is -0.492 e. The standard InChI is InChI=1S/C10H12N4O8S/c15-6-4(1-21-23(18,19)20)22-10(7(6)16)14-3-13-5-8(14)11-2-12-9(5)17/h2-4,6-7,10,15-16H,1H2,(H,11,12,17)(H,18,19,20)/t4-,6-,7-,10-/m1/s1. The van der Waals surface area contributed by atoms with E-state index in [2.05, 4.69) is 19.1 Å². The molecule has 2 aromatic rings. The molecule has 0 saturated carbocycles. The summed E-state index contributed by atoms with van der Waals surface area (Å²) in [5.41, 5.74) is 0.209. The molecule has 4 atom stereocenters. The SMILES string of the molecule is O=S(=O)(O)OC[C@H]1O[C@@H](n2cnc3c(O)ncnc32)[C@H](O)[C@@H]1O. The van der Waals surface area contributed by atoms with Crippen LogP contribution in [0.15, 0.2) is 12.7 Å².